The predicted octanol–water partition coefficient (Wildman–Crippen LogP) is 3.87. The van der Waals surface area contributed by atoms with Crippen molar-refractivity contribution in [3.8, 4) is 0 Å². The summed E-state index contributed by atoms with van der Waals surface area (Å²) in [6.45, 7) is -0.624. The van der Waals surface area contributed by atoms with E-state index in [1.807, 2.05) is 0 Å². The Morgan fingerprint density at radius 3 is 2.50 bits per heavy atom. The van der Waals surface area contributed by atoms with Gasteiger partial charge in [-0.15, -0.1) is 0 Å². The van der Waals surface area contributed by atoms with Gasteiger partial charge in [0.1, 0.15) is 10.7 Å². The number of benzene rings is 2. The van der Waals surface area contributed by atoms with Gasteiger partial charge in [-0.2, -0.15) is 13.2 Å². The van der Waals surface area contributed by atoms with E-state index < -0.39 is 39.7 Å². The number of pyridine rings is 1. The van der Waals surface area contributed by atoms with E-state index >= 15 is 0 Å². The van der Waals surface area contributed by atoms with Crippen molar-refractivity contribution in [3.05, 3.63) is 71.7 Å². The maximum Gasteiger partial charge on any atom is 0.416 e. The third-order valence-electron chi connectivity index (χ3n) is 3.71. The highest BCUT2D eigenvalue weighted by molar-refractivity contribution is 7.89. The number of hydrogen-bond acceptors (Lipinski definition) is 3. The molecule has 1 heterocycles. The SMILES string of the molecule is O=S(=O)(NCc1cc(C(F)(F)F)ccc1F)c1cccc2cccnc12. The number of halogens is 4. The lowest BCUT2D eigenvalue weighted by Crippen LogP contribution is -2.24. The Morgan fingerprint density at radius 2 is 1.77 bits per heavy atom. The maximum absolute atomic E-state index is 13.8. The van der Waals surface area contributed by atoms with Crippen LogP contribution in [-0.4, -0.2) is 13.4 Å². The molecular formula is C17H12F4N2O2S. The monoisotopic (exact) mass is 384 g/mol. The molecule has 0 spiro atoms. The molecule has 0 atom stereocenters. The second-order valence-corrected chi connectivity index (χ2v) is 7.20. The highest BCUT2D eigenvalue weighted by Crippen LogP contribution is 2.30. The summed E-state index contributed by atoms with van der Waals surface area (Å²) in [5.74, 6) is -0.934. The zero-order valence-electron chi connectivity index (χ0n) is 13.1. The molecule has 0 saturated heterocycles. The van der Waals surface area contributed by atoms with Crippen LogP contribution in [0.5, 0.6) is 0 Å². The van der Waals surface area contributed by atoms with Crippen LogP contribution in [0.2, 0.25) is 0 Å². The Balaban J connectivity index is 1.92. The Kier molecular flexibility index (Phi) is 4.68. The molecule has 0 bridgehead atoms. The molecule has 0 aliphatic rings. The minimum atomic E-state index is -4.65. The van der Waals surface area contributed by atoms with E-state index in [0.29, 0.717) is 23.6 Å². The molecule has 1 N–H and O–H groups in total. The van der Waals surface area contributed by atoms with E-state index in [2.05, 4.69) is 9.71 Å². The molecule has 26 heavy (non-hydrogen) atoms. The molecule has 3 aromatic rings. The first-order valence-electron chi connectivity index (χ1n) is 7.37. The fourth-order valence-electron chi connectivity index (χ4n) is 2.43. The fourth-order valence-corrected chi connectivity index (χ4v) is 3.61. The number of nitrogens with one attached hydrogen (secondary N) is 1. The summed E-state index contributed by atoms with van der Waals surface area (Å²) in [6.07, 6.45) is -3.23. The maximum atomic E-state index is 13.8. The zero-order valence-corrected chi connectivity index (χ0v) is 13.9. The van der Waals surface area contributed by atoms with Gasteiger partial charge in [-0.3, -0.25) is 4.98 Å². The molecule has 9 heteroatoms. The van der Waals surface area contributed by atoms with Crippen LogP contribution in [0.25, 0.3) is 10.9 Å². The van der Waals surface area contributed by atoms with Gasteiger partial charge in [-0.05, 0) is 30.3 Å². The minimum Gasteiger partial charge on any atom is -0.255 e. The average molecular weight is 384 g/mol. The van der Waals surface area contributed by atoms with Gasteiger partial charge in [-0.1, -0.05) is 18.2 Å². The summed E-state index contributed by atoms with van der Waals surface area (Å²) in [5.41, 5.74) is -1.25. The van der Waals surface area contributed by atoms with Crippen molar-refractivity contribution >= 4 is 20.9 Å². The molecule has 0 amide bonds. The summed E-state index contributed by atoms with van der Waals surface area (Å²) in [5, 5.41) is 0.584. The lowest BCUT2D eigenvalue weighted by molar-refractivity contribution is -0.137. The molecule has 0 aliphatic heterocycles. The van der Waals surface area contributed by atoms with Crippen molar-refractivity contribution in [2.75, 3.05) is 0 Å². The van der Waals surface area contributed by atoms with Gasteiger partial charge in [0.2, 0.25) is 10.0 Å². The van der Waals surface area contributed by atoms with E-state index in [4.69, 9.17) is 0 Å². The van der Waals surface area contributed by atoms with E-state index in [0.717, 1.165) is 0 Å². The molecule has 0 radical (unpaired) electrons. The summed E-state index contributed by atoms with van der Waals surface area (Å²) in [7, 11) is -4.11. The van der Waals surface area contributed by atoms with Crippen molar-refractivity contribution in [2.24, 2.45) is 0 Å². The van der Waals surface area contributed by atoms with Crippen LogP contribution in [0, 0.1) is 5.82 Å². The number of aromatic nitrogens is 1. The lowest BCUT2D eigenvalue weighted by Gasteiger charge is -2.12. The Labute approximate surface area is 146 Å². The average Bonchev–Trinajstić information content (AvgIpc) is 2.59. The third-order valence-corrected chi connectivity index (χ3v) is 5.14. The van der Waals surface area contributed by atoms with Gasteiger partial charge in [-0.25, -0.2) is 17.5 Å². The van der Waals surface area contributed by atoms with Crippen molar-refractivity contribution in [1.29, 1.82) is 0 Å². The molecule has 4 nitrogen and oxygen atoms in total. The van der Waals surface area contributed by atoms with Gasteiger partial charge in [0.25, 0.3) is 0 Å². The number of nitrogens with zero attached hydrogens (tertiary/aromatic N) is 1. The second kappa shape index (κ2) is 6.65. The van der Waals surface area contributed by atoms with Gasteiger partial charge in [0, 0.05) is 23.7 Å². The van der Waals surface area contributed by atoms with E-state index in [-0.39, 0.29) is 10.4 Å². The second-order valence-electron chi connectivity index (χ2n) is 5.46. The quantitative estimate of drug-likeness (QED) is 0.695. The van der Waals surface area contributed by atoms with Crippen LogP contribution >= 0.6 is 0 Å². The van der Waals surface area contributed by atoms with E-state index in [1.165, 1.54) is 18.3 Å². The number of hydrogen-bond donors (Lipinski definition) is 1. The highest BCUT2D eigenvalue weighted by Gasteiger charge is 2.31. The van der Waals surface area contributed by atoms with Crippen molar-refractivity contribution < 1.29 is 26.0 Å². The molecule has 136 valence electrons. The van der Waals surface area contributed by atoms with Gasteiger partial charge in [0.05, 0.1) is 11.1 Å². The first-order chi connectivity index (χ1) is 12.2. The van der Waals surface area contributed by atoms with Crippen molar-refractivity contribution in [2.45, 2.75) is 17.6 Å². The van der Waals surface area contributed by atoms with Crippen LogP contribution in [0.15, 0.2) is 59.6 Å². The number of alkyl halides is 3. The first-order valence-corrected chi connectivity index (χ1v) is 8.86. The molecule has 0 fully saturated rings. The lowest BCUT2D eigenvalue weighted by atomic mass is 10.1. The Morgan fingerprint density at radius 1 is 1.04 bits per heavy atom. The molecule has 3 rings (SSSR count). The number of fused-ring (bicyclic) bond motifs is 1. The summed E-state index contributed by atoms with van der Waals surface area (Å²) >= 11 is 0. The highest BCUT2D eigenvalue weighted by atomic mass is 32.2. The molecule has 0 saturated carbocycles. The van der Waals surface area contributed by atoms with Crippen molar-refractivity contribution in [1.82, 2.24) is 9.71 Å². The van der Waals surface area contributed by atoms with E-state index in [1.54, 1.807) is 18.2 Å². The summed E-state index contributed by atoms with van der Waals surface area (Å²) < 4.78 is 79.2. The summed E-state index contributed by atoms with van der Waals surface area (Å²) in [6, 6.07) is 9.67. The topological polar surface area (TPSA) is 59.1 Å². The molecule has 0 aliphatic carbocycles. The standard InChI is InChI=1S/C17H12F4N2O2S/c18-14-7-6-13(17(19,20)21)9-12(14)10-23-26(24,25)15-5-1-3-11-4-2-8-22-16(11)15/h1-9,23H,10H2. The smallest absolute Gasteiger partial charge is 0.255 e. The molecule has 2 aromatic carbocycles. The minimum absolute atomic E-state index is 0.136. The van der Waals surface area contributed by atoms with Gasteiger partial charge >= 0.3 is 6.18 Å². The number of para-hydroxylation sites is 1. The van der Waals surface area contributed by atoms with Crippen molar-refractivity contribution in [3.63, 3.8) is 0 Å². The largest absolute Gasteiger partial charge is 0.416 e. The van der Waals surface area contributed by atoms with Crippen LogP contribution in [0.4, 0.5) is 17.6 Å². The zero-order chi connectivity index (χ0) is 18.9. The normalized spacial score (nSPS) is 12.5. The number of sulfonamides is 1. The predicted molar refractivity (Wildman–Crippen MR) is 87.2 cm³/mol. The Hall–Kier alpha value is -2.52. The molecule has 1 aromatic heterocycles. The Bertz CT molecular complexity index is 1060. The molecule has 0 unspecified atom stereocenters. The third kappa shape index (κ3) is 3.68. The van der Waals surface area contributed by atoms with Crippen LogP contribution in [0.3, 0.4) is 0 Å². The fraction of sp³-hybridized carbons (Fsp3) is 0.118. The van der Waals surface area contributed by atoms with E-state index in [9.17, 15) is 26.0 Å². The summed E-state index contributed by atoms with van der Waals surface area (Å²) in [4.78, 5) is 3.89. The van der Waals surface area contributed by atoms with Crippen LogP contribution in [0.1, 0.15) is 11.1 Å². The van der Waals surface area contributed by atoms with Gasteiger partial charge in [0.15, 0.2) is 0 Å². The van der Waals surface area contributed by atoms with Gasteiger partial charge < -0.3 is 0 Å². The van der Waals surface area contributed by atoms with Crippen LogP contribution in [-0.2, 0) is 22.7 Å². The number of rotatable bonds is 4. The molecular weight excluding hydrogens is 372 g/mol. The first kappa shape index (κ1) is 18.3. The van der Waals surface area contributed by atoms with Crippen LogP contribution < -0.4 is 4.72 Å².